The average molecular weight is 452 g/mol. The standard InChI is InChI=1S/C22H14F6N2O2/c23-21(24,25)15-5-7-19(31)13(9-15)11-29-17-3-1-2-4-18(17)30-12-14-10-16(22(26,27)28)6-8-20(14)32/h1-12,31-32H. The summed E-state index contributed by atoms with van der Waals surface area (Å²) >= 11 is 0. The Balaban J connectivity index is 1.93. The van der Waals surface area contributed by atoms with Crippen LogP contribution in [0.15, 0.2) is 70.6 Å². The second kappa shape index (κ2) is 8.74. The molecular formula is C22H14F6N2O2. The van der Waals surface area contributed by atoms with Crippen molar-refractivity contribution >= 4 is 23.8 Å². The number of halogens is 6. The van der Waals surface area contributed by atoms with E-state index in [0.717, 1.165) is 48.8 Å². The summed E-state index contributed by atoms with van der Waals surface area (Å²) in [4.78, 5) is 8.09. The number of hydrogen-bond acceptors (Lipinski definition) is 4. The van der Waals surface area contributed by atoms with Crippen molar-refractivity contribution in [1.82, 2.24) is 0 Å². The minimum Gasteiger partial charge on any atom is -0.507 e. The molecule has 0 aliphatic carbocycles. The van der Waals surface area contributed by atoms with Gasteiger partial charge in [-0.3, -0.25) is 9.98 Å². The lowest BCUT2D eigenvalue weighted by Crippen LogP contribution is -2.05. The Morgan fingerprint density at radius 3 is 1.31 bits per heavy atom. The van der Waals surface area contributed by atoms with Crippen LogP contribution in [0.4, 0.5) is 37.7 Å². The number of aromatic hydroxyl groups is 2. The number of para-hydroxylation sites is 2. The molecule has 0 radical (unpaired) electrons. The number of benzene rings is 3. The van der Waals surface area contributed by atoms with E-state index in [9.17, 15) is 36.6 Å². The van der Waals surface area contributed by atoms with Crippen molar-refractivity contribution in [3.8, 4) is 11.5 Å². The molecule has 4 nitrogen and oxygen atoms in total. The SMILES string of the molecule is Oc1ccc(C(F)(F)F)cc1C=Nc1ccccc1N=Cc1cc(C(F)(F)F)ccc1O. The second-order valence-corrected chi connectivity index (χ2v) is 6.55. The minimum atomic E-state index is -4.61. The van der Waals surface area contributed by atoms with Crippen LogP contribution in [0.5, 0.6) is 11.5 Å². The molecule has 32 heavy (non-hydrogen) atoms. The summed E-state index contributed by atoms with van der Waals surface area (Å²) in [5.41, 5.74) is -1.96. The third kappa shape index (κ3) is 5.45. The van der Waals surface area contributed by atoms with E-state index in [1.807, 2.05) is 0 Å². The van der Waals surface area contributed by atoms with Crippen molar-refractivity contribution < 1.29 is 36.6 Å². The molecule has 0 saturated heterocycles. The van der Waals surface area contributed by atoms with E-state index in [4.69, 9.17) is 0 Å². The Labute approximate surface area is 177 Å². The van der Waals surface area contributed by atoms with E-state index >= 15 is 0 Å². The molecular weight excluding hydrogens is 438 g/mol. The van der Waals surface area contributed by atoms with Gasteiger partial charge in [0.2, 0.25) is 0 Å². The Bertz CT molecular complexity index is 1090. The Kier molecular flexibility index (Phi) is 6.24. The fraction of sp³-hybridized carbons (Fsp3) is 0.0909. The third-order valence-corrected chi connectivity index (χ3v) is 4.28. The molecule has 0 fully saturated rings. The predicted octanol–water partition coefficient (Wildman–Crippen LogP) is 6.64. The number of alkyl halides is 6. The Morgan fingerprint density at radius 2 is 0.969 bits per heavy atom. The van der Waals surface area contributed by atoms with Crippen molar-refractivity contribution in [2.75, 3.05) is 0 Å². The highest BCUT2D eigenvalue weighted by molar-refractivity contribution is 5.89. The van der Waals surface area contributed by atoms with Crippen LogP contribution in [0.25, 0.3) is 0 Å². The van der Waals surface area contributed by atoms with Gasteiger partial charge in [-0.05, 0) is 48.5 Å². The molecule has 0 saturated carbocycles. The minimum absolute atomic E-state index is 0.173. The van der Waals surface area contributed by atoms with E-state index in [-0.39, 0.29) is 22.5 Å². The first-order valence-corrected chi connectivity index (χ1v) is 8.93. The van der Waals surface area contributed by atoms with Gasteiger partial charge in [0.05, 0.1) is 22.5 Å². The summed E-state index contributed by atoms with van der Waals surface area (Å²) < 4.78 is 77.3. The van der Waals surface area contributed by atoms with Crippen molar-refractivity contribution in [2.24, 2.45) is 9.98 Å². The normalized spacial score (nSPS) is 12.7. The van der Waals surface area contributed by atoms with Gasteiger partial charge in [-0.2, -0.15) is 26.3 Å². The van der Waals surface area contributed by atoms with Gasteiger partial charge in [0.25, 0.3) is 0 Å². The van der Waals surface area contributed by atoms with Gasteiger partial charge in [-0.25, -0.2) is 0 Å². The van der Waals surface area contributed by atoms with Crippen molar-refractivity contribution in [3.05, 3.63) is 82.9 Å². The lowest BCUT2D eigenvalue weighted by atomic mass is 10.1. The molecule has 3 rings (SSSR count). The molecule has 0 aromatic heterocycles. The van der Waals surface area contributed by atoms with Crippen molar-refractivity contribution in [1.29, 1.82) is 0 Å². The van der Waals surface area contributed by atoms with Gasteiger partial charge in [-0.15, -0.1) is 0 Å². The monoisotopic (exact) mass is 452 g/mol. The summed E-state index contributed by atoms with van der Waals surface area (Å²) in [6, 6.07) is 10.8. The first-order valence-electron chi connectivity index (χ1n) is 8.93. The predicted molar refractivity (Wildman–Crippen MR) is 107 cm³/mol. The largest absolute Gasteiger partial charge is 0.507 e. The van der Waals surface area contributed by atoms with Gasteiger partial charge in [0.15, 0.2) is 0 Å². The number of hydrogen-bond donors (Lipinski definition) is 2. The fourth-order valence-corrected chi connectivity index (χ4v) is 2.63. The summed E-state index contributed by atoms with van der Waals surface area (Å²) in [6.07, 6.45) is -7.18. The van der Waals surface area contributed by atoms with Gasteiger partial charge < -0.3 is 10.2 Å². The zero-order valence-electron chi connectivity index (χ0n) is 16.0. The molecule has 0 heterocycles. The van der Waals surface area contributed by atoms with Gasteiger partial charge >= 0.3 is 12.4 Å². The van der Waals surface area contributed by atoms with Crippen LogP contribution in [0.1, 0.15) is 22.3 Å². The van der Waals surface area contributed by atoms with Crippen LogP contribution < -0.4 is 0 Å². The highest BCUT2D eigenvalue weighted by Gasteiger charge is 2.31. The number of nitrogens with zero attached hydrogens (tertiary/aromatic N) is 2. The van der Waals surface area contributed by atoms with Crippen molar-refractivity contribution in [2.45, 2.75) is 12.4 Å². The maximum Gasteiger partial charge on any atom is 0.416 e. The van der Waals surface area contributed by atoms with E-state index < -0.39 is 35.0 Å². The van der Waals surface area contributed by atoms with Crippen LogP contribution >= 0.6 is 0 Å². The Hall–Kier alpha value is -3.82. The molecule has 0 atom stereocenters. The number of rotatable bonds is 4. The lowest BCUT2D eigenvalue weighted by molar-refractivity contribution is -0.138. The molecule has 10 heteroatoms. The molecule has 0 unspecified atom stereocenters. The maximum absolute atomic E-state index is 12.9. The van der Waals surface area contributed by atoms with Gasteiger partial charge in [0.1, 0.15) is 11.5 Å². The molecule has 3 aromatic carbocycles. The molecule has 3 aromatic rings. The first kappa shape index (κ1) is 22.9. The maximum atomic E-state index is 12.9. The summed E-state index contributed by atoms with van der Waals surface area (Å²) in [5.74, 6) is -0.840. The topological polar surface area (TPSA) is 65.2 Å². The summed E-state index contributed by atoms with van der Waals surface area (Å²) in [5, 5.41) is 19.6. The van der Waals surface area contributed by atoms with E-state index in [0.29, 0.717) is 0 Å². The molecule has 0 aliphatic heterocycles. The lowest BCUT2D eigenvalue weighted by Gasteiger charge is -2.08. The fourth-order valence-electron chi connectivity index (χ4n) is 2.63. The second-order valence-electron chi connectivity index (χ2n) is 6.55. The molecule has 0 amide bonds. The average Bonchev–Trinajstić information content (AvgIpc) is 2.71. The van der Waals surface area contributed by atoms with E-state index in [2.05, 4.69) is 9.98 Å². The third-order valence-electron chi connectivity index (χ3n) is 4.28. The first-order chi connectivity index (χ1) is 14.9. The molecule has 0 spiro atoms. The zero-order chi connectivity index (χ0) is 23.5. The zero-order valence-corrected chi connectivity index (χ0v) is 16.0. The van der Waals surface area contributed by atoms with Crippen LogP contribution in [0, 0.1) is 0 Å². The van der Waals surface area contributed by atoms with Crippen LogP contribution in [-0.4, -0.2) is 22.6 Å². The molecule has 166 valence electrons. The summed E-state index contributed by atoms with van der Waals surface area (Å²) in [7, 11) is 0. The van der Waals surface area contributed by atoms with E-state index in [1.54, 1.807) is 12.1 Å². The molecule has 0 bridgehead atoms. The highest BCUT2D eigenvalue weighted by atomic mass is 19.4. The van der Waals surface area contributed by atoms with E-state index in [1.165, 1.54) is 12.1 Å². The molecule has 2 N–H and O–H groups in total. The van der Waals surface area contributed by atoms with Crippen LogP contribution in [0.2, 0.25) is 0 Å². The number of aliphatic imine (C=N–C) groups is 2. The van der Waals surface area contributed by atoms with Gasteiger partial charge in [0, 0.05) is 23.6 Å². The van der Waals surface area contributed by atoms with Crippen LogP contribution in [-0.2, 0) is 12.4 Å². The Morgan fingerprint density at radius 1 is 0.594 bits per heavy atom. The van der Waals surface area contributed by atoms with Gasteiger partial charge in [-0.1, -0.05) is 12.1 Å². The van der Waals surface area contributed by atoms with Crippen LogP contribution in [0.3, 0.4) is 0 Å². The smallest absolute Gasteiger partial charge is 0.416 e. The number of phenols is 2. The number of phenolic OH excluding ortho intramolecular Hbond substituents is 2. The quantitative estimate of drug-likeness (QED) is 0.344. The highest BCUT2D eigenvalue weighted by Crippen LogP contribution is 2.34. The molecule has 0 aliphatic rings. The van der Waals surface area contributed by atoms with Crippen molar-refractivity contribution in [3.63, 3.8) is 0 Å². The summed E-state index contributed by atoms with van der Waals surface area (Å²) in [6.45, 7) is 0.